The van der Waals surface area contributed by atoms with Crippen molar-refractivity contribution in [1.82, 2.24) is 20.2 Å². The highest BCUT2D eigenvalue weighted by molar-refractivity contribution is 5.92. The Morgan fingerprint density at radius 3 is 3.00 bits per heavy atom. The van der Waals surface area contributed by atoms with Crippen molar-refractivity contribution in [3.63, 3.8) is 0 Å². The van der Waals surface area contributed by atoms with Gasteiger partial charge in [0.2, 0.25) is 0 Å². The maximum absolute atomic E-state index is 12.5. The average molecular weight is 336 g/mol. The van der Waals surface area contributed by atoms with Crippen LogP contribution in [0.1, 0.15) is 42.5 Å². The van der Waals surface area contributed by atoms with Crippen molar-refractivity contribution in [1.29, 1.82) is 0 Å². The molecule has 7 heteroatoms. The number of nitrogens with zero attached hydrogens (tertiary/aromatic N) is 3. The van der Waals surface area contributed by atoms with Gasteiger partial charge in [0.25, 0.3) is 5.91 Å². The Bertz CT molecular complexity index is 536. The molecule has 0 radical (unpaired) electrons. The highest BCUT2D eigenvalue weighted by Gasteiger charge is 2.28. The zero-order valence-electron chi connectivity index (χ0n) is 15.0. The van der Waals surface area contributed by atoms with E-state index in [0.717, 1.165) is 13.0 Å². The minimum Gasteiger partial charge on any atom is -0.379 e. The first-order valence-electron chi connectivity index (χ1n) is 8.45. The molecule has 0 aliphatic carbocycles. The summed E-state index contributed by atoms with van der Waals surface area (Å²) in [4.78, 5) is 23.1. The van der Waals surface area contributed by atoms with E-state index in [2.05, 4.69) is 20.2 Å². The van der Waals surface area contributed by atoms with E-state index in [1.807, 2.05) is 27.9 Å². The Balaban J connectivity index is 1.96. The highest BCUT2D eigenvalue weighted by Crippen LogP contribution is 2.13. The van der Waals surface area contributed by atoms with Crippen LogP contribution in [-0.4, -0.2) is 73.4 Å². The molecule has 2 heterocycles. The fourth-order valence-electron chi connectivity index (χ4n) is 2.46. The number of carbonyl (C=O) groups excluding carboxylic acids is 1. The molecule has 1 saturated heterocycles. The fourth-order valence-corrected chi connectivity index (χ4v) is 2.46. The lowest BCUT2D eigenvalue weighted by atomic mass is 10.1. The molecule has 0 spiro atoms. The van der Waals surface area contributed by atoms with Gasteiger partial charge in [0.1, 0.15) is 11.5 Å². The number of aromatic nitrogens is 2. The van der Waals surface area contributed by atoms with E-state index in [1.165, 1.54) is 0 Å². The quantitative estimate of drug-likeness (QED) is 0.802. The molecule has 0 unspecified atom stereocenters. The maximum atomic E-state index is 12.5. The Morgan fingerprint density at radius 1 is 1.50 bits per heavy atom. The van der Waals surface area contributed by atoms with Gasteiger partial charge in [0.05, 0.1) is 25.4 Å². The van der Waals surface area contributed by atoms with Crippen LogP contribution in [-0.2, 0) is 9.47 Å². The zero-order valence-corrected chi connectivity index (χ0v) is 15.0. The van der Waals surface area contributed by atoms with E-state index in [4.69, 9.17) is 9.47 Å². The number of hydrogen-bond acceptors (Lipinski definition) is 6. The molecule has 7 nitrogen and oxygen atoms in total. The molecule has 2 rings (SSSR count). The number of amides is 1. The molecule has 0 bridgehead atoms. The summed E-state index contributed by atoms with van der Waals surface area (Å²) >= 11 is 0. The van der Waals surface area contributed by atoms with Crippen molar-refractivity contribution in [3.05, 3.63) is 23.8 Å². The average Bonchev–Trinajstić information content (AvgIpc) is 2.56. The zero-order chi connectivity index (χ0) is 17.5. The van der Waals surface area contributed by atoms with Crippen molar-refractivity contribution in [2.24, 2.45) is 0 Å². The van der Waals surface area contributed by atoms with Gasteiger partial charge in [-0.1, -0.05) is 13.8 Å². The molecule has 1 aliphatic heterocycles. The number of hydrogen-bond donors (Lipinski definition) is 1. The third kappa shape index (κ3) is 5.51. The van der Waals surface area contributed by atoms with Crippen molar-refractivity contribution in [3.8, 4) is 0 Å². The van der Waals surface area contributed by atoms with E-state index in [9.17, 15) is 4.79 Å². The van der Waals surface area contributed by atoms with E-state index >= 15 is 0 Å². The van der Waals surface area contributed by atoms with Crippen LogP contribution in [0.2, 0.25) is 0 Å². The van der Waals surface area contributed by atoms with Crippen molar-refractivity contribution < 1.29 is 14.3 Å². The molecular formula is C17H28N4O3. The summed E-state index contributed by atoms with van der Waals surface area (Å²) in [7, 11) is 4.02. The number of likely N-dealkylation sites (N-methyl/N-ethyl adjacent to an activating group) is 1. The molecule has 1 fully saturated rings. The van der Waals surface area contributed by atoms with Crippen LogP contribution in [0, 0.1) is 0 Å². The molecular weight excluding hydrogens is 308 g/mol. The minimum absolute atomic E-state index is 0.0333. The number of nitrogens with one attached hydrogen (secondary N) is 1. The van der Waals surface area contributed by atoms with Crippen LogP contribution in [0.3, 0.4) is 0 Å². The predicted molar refractivity (Wildman–Crippen MR) is 91.1 cm³/mol. The Morgan fingerprint density at radius 2 is 2.29 bits per heavy atom. The third-order valence-corrected chi connectivity index (χ3v) is 3.90. The summed E-state index contributed by atoms with van der Waals surface area (Å²) in [6.45, 7) is 6.60. The second-order valence-electron chi connectivity index (χ2n) is 6.61. The summed E-state index contributed by atoms with van der Waals surface area (Å²) in [6.07, 6.45) is 2.37. The van der Waals surface area contributed by atoms with Crippen molar-refractivity contribution >= 4 is 5.91 Å². The summed E-state index contributed by atoms with van der Waals surface area (Å²) in [5, 5.41) is 3.00. The van der Waals surface area contributed by atoms with Gasteiger partial charge < -0.3 is 19.7 Å². The molecule has 24 heavy (non-hydrogen) atoms. The van der Waals surface area contributed by atoms with Gasteiger partial charge in [-0.3, -0.25) is 4.79 Å². The standard InChI is InChI=1S/C17H28N4O3/c1-12(2)16-18-7-5-13(19-16)17(22)20-14-11-23-9-6-15(14)24-10-8-21(3)4/h5,7,12,14-15H,6,8-11H2,1-4H3,(H,20,22)/t14-,15+/m1/s1. The SMILES string of the molecule is CC(C)c1nccc(C(=O)N[C@@H]2COCC[C@@H]2OCCN(C)C)n1. The Hall–Kier alpha value is -1.57. The smallest absolute Gasteiger partial charge is 0.270 e. The third-order valence-electron chi connectivity index (χ3n) is 3.90. The lowest BCUT2D eigenvalue weighted by Gasteiger charge is -2.32. The largest absolute Gasteiger partial charge is 0.379 e. The molecule has 1 aromatic heterocycles. The first-order valence-corrected chi connectivity index (χ1v) is 8.45. The second kappa shape index (κ2) is 9.05. The lowest BCUT2D eigenvalue weighted by Crippen LogP contribution is -2.51. The fraction of sp³-hybridized carbons (Fsp3) is 0.706. The van der Waals surface area contributed by atoms with Gasteiger partial charge in [-0.2, -0.15) is 0 Å². The molecule has 1 aromatic rings. The second-order valence-corrected chi connectivity index (χ2v) is 6.61. The molecule has 1 amide bonds. The summed E-state index contributed by atoms with van der Waals surface area (Å²) in [6, 6.07) is 1.47. The monoisotopic (exact) mass is 336 g/mol. The molecule has 0 aromatic carbocycles. The summed E-state index contributed by atoms with van der Waals surface area (Å²) < 4.78 is 11.4. The van der Waals surface area contributed by atoms with Crippen molar-refractivity contribution in [2.75, 3.05) is 40.5 Å². The minimum atomic E-state index is -0.212. The van der Waals surface area contributed by atoms with Crippen LogP contribution in [0.15, 0.2) is 12.3 Å². The van der Waals surface area contributed by atoms with Gasteiger partial charge in [-0.15, -0.1) is 0 Å². The first kappa shape index (κ1) is 18.8. The van der Waals surface area contributed by atoms with Crippen LogP contribution in [0.25, 0.3) is 0 Å². The van der Waals surface area contributed by atoms with E-state index in [1.54, 1.807) is 12.3 Å². The number of rotatable bonds is 7. The van der Waals surface area contributed by atoms with Gasteiger partial charge in [-0.05, 0) is 26.6 Å². The Kier molecular flexibility index (Phi) is 7.08. The van der Waals surface area contributed by atoms with Crippen molar-refractivity contribution in [2.45, 2.75) is 38.3 Å². The maximum Gasteiger partial charge on any atom is 0.270 e. The van der Waals surface area contributed by atoms with E-state index in [0.29, 0.717) is 31.3 Å². The number of ether oxygens (including phenoxy) is 2. The molecule has 1 aliphatic rings. The first-order chi connectivity index (χ1) is 11.5. The summed E-state index contributed by atoms with van der Waals surface area (Å²) in [5.74, 6) is 0.634. The van der Waals surface area contributed by atoms with Crippen LogP contribution >= 0.6 is 0 Å². The summed E-state index contributed by atoms with van der Waals surface area (Å²) in [5.41, 5.74) is 0.381. The van der Waals surface area contributed by atoms with E-state index in [-0.39, 0.29) is 24.0 Å². The van der Waals surface area contributed by atoms with Gasteiger partial charge in [0, 0.05) is 25.3 Å². The lowest BCUT2D eigenvalue weighted by molar-refractivity contribution is -0.0562. The molecule has 2 atom stereocenters. The molecule has 0 saturated carbocycles. The van der Waals surface area contributed by atoms with Crippen LogP contribution < -0.4 is 5.32 Å². The van der Waals surface area contributed by atoms with Crippen LogP contribution in [0.5, 0.6) is 0 Å². The number of carbonyl (C=O) groups is 1. The Labute approximate surface area is 143 Å². The van der Waals surface area contributed by atoms with Gasteiger partial charge in [-0.25, -0.2) is 9.97 Å². The topological polar surface area (TPSA) is 76.6 Å². The molecule has 1 N–H and O–H groups in total. The van der Waals surface area contributed by atoms with Gasteiger partial charge in [0.15, 0.2) is 0 Å². The highest BCUT2D eigenvalue weighted by atomic mass is 16.5. The predicted octanol–water partition coefficient (Wildman–Crippen LogP) is 1.07. The van der Waals surface area contributed by atoms with Gasteiger partial charge >= 0.3 is 0 Å². The molecule has 134 valence electrons. The normalized spacial score (nSPS) is 21.2. The van der Waals surface area contributed by atoms with Crippen LogP contribution in [0.4, 0.5) is 0 Å². The van der Waals surface area contributed by atoms with E-state index < -0.39 is 0 Å².